The van der Waals surface area contributed by atoms with Crippen molar-refractivity contribution in [3.8, 4) is 0 Å². The van der Waals surface area contributed by atoms with Gasteiger partial charge >= 0.3 is 0 Å². The second-order valence-corrected chi connectivity index (χ2v) is 4.77. The van der Waals surface area contributed by atoms with Gasteiger partial charge in [-0.25, -0.2) is 0 Å². The molecule has 90 valence electrons. The van der Waals surface area contributed by atoms with Crippen LogP contribution in [0.2, 0.25) is 0 Å². The zero-order valence-electron chi connectivity index (χ0n) is 9.91. The SMILES string of the molecule is C[C@@H](C(=O)N(C)Cc1ccsc1)n1cccn1. The fourth-order valence-electron chi connectivity index (χ4n) is 1.68. The molecule has 2 aromatic heterocycles. The van der Waals surface area contributed by atoms with E-state index >= 15 is 0 Å². The highest BCUT2D eigenvalue weighted by Crippen LogP contribution is 2.12. The van der Waals surface area contributed by atoms with E-state index in [9.17, 15) is 4.79 Å². The van der Waals surface area contributed by atoms with Gasteiger partial charge in [0, 0.05) is 26.0 Å². The van der Waals surface area contributed by atoms with Crippen molar-refractivity contribution in [2.24, 2.45) is 0 Å². The van der Waals surface area contributed by atoms with Crippen LogP contribution in [0.1, 0.15) is 18.5 Å². The van der Waals surface area contributed by atoms with E-state index in [4.69, 9.17) is 0 Å². The van der Waals surface area contributed by atoms with Gasteiger partial charge in [0.15, 0.2) is 0 Å². The Morgan fingerprint density at radius 3 is 3.06 bits per heavy atom. The first-order valence-corrected chi connectivity index (χ1v) is 6.38. The van der Waals surface area contributed by atoms with Gasteiger partial charge in [-0.05, 0) is 35.4 Å². The molecule has 0 bridgehead atoms. The molecular weight excluding hydrogens is 234 g/mol. The molecule has 0 saturated heterocycles. The van der Waals surface area contributed by atoms with E-state index < -0.39 is 0 Å². The largest absolute Gasteiger partial charge is 0.340 e. The molecule has 17 heavy (non-hydrogen) atoms. The quantitative estimate of drug-likeness (QED) is 0.833. The van der Waals surface area contributed by atoms with Gasteiger partial charge < -0.3 is 4.90 Å². The molecular formula is C12H15N3OS. The first-order valence-electron chi connectivity index (χ1n) is 5.43. The summed E-state index contributed by atoms with van der Waals surface area (Å²) in [6, 6.07) is 3.60. The zero-order valence-corrected chi connectivity index (χ0v) is 10.7. The molecule has 0 N–H and O–H groups in total. The summed E-state index contributed by atoms with van der Waals surface area (Å²) in [7, 11) is 1.82. The highest BCUT2D eigenvalue weighted by atomic mass is 32.1. The lowest BCUT2D eigenvalue weighted by Crippen LogP contribution is -2.32. The van der Waals surface area contributed by atoms with Crippen molar-refractivity contribution in [3.63, 3.8) is 0 Å². The lowest BCUT2D eigenvalue weighted by Gasteiger charge is -2.21. The van der Waals surface area contributed by atoms with Gasteiger partial charge in [-0.1, -0.05) is 0 Å². The average molecular weight is 249 g/mol. The first kappa shape index (κ1) is 11.9. The third-order valence-corrected chi connectivity index (χ3v) is 3.39. The van der Waals surface area contributed by atoms with Crippen molar-refractivity contribution in [2.45, 2.75) is 19.5 Å². The molecule has 0 radical (unpaired) electrons. The molecule has 1 atom stereocenters. The fourth-order valence-corrected chi connectivity index (χ4v) is 2.34. The molecule has 1 amide bonds. The maximum Gasteiger partial charge on any atom is 0.247 e. The van der Waals surface area contributed by atoms with Crippen LogP contribution < -0.4 is 0 Å². The predicted octanol–water partition coefficient (Wildman–Crippen LogP) is 2.16. The first-order chi connectivity index (χ1) is 8.18. The van der Waals surface area contributed by atoms with E-state index in [0.717, 1.165) is 0 Å². The number of likely N-dealkylation sites (N-methyl/N-ethyl adjacent to an activating group) is 1. The van der Waals surface area contributed by atoms with Gasteiger partial charge in [-0.2, -0.15) is 16.4 Å². The number of carbonyl (C=O) groups is 1. The van der Waals surface area contributed by atoms with E-state index in [1.54, 1.807) is 33.3 Å². The summed E-state index contributed by atoms with van der Waals surface area (Å²) >= 11 is 1.64. The van der Waals surface area contributed by atoms with Crippen molar-refractivity contribution >= 4 is 17.2 Å². The molecule has 4 nitrogen and oxygen atoms in total. The number of rotatable bonds is 4. The summed E-state index contributed by atoms with van der Waals surface area (Å²) in [6.07, 6.45) is 3.49. The van der Waals surface area contributed by atoms with Gasteiger partial charge in [-0.15, -0.1) is 0 Å². The highest BCUT2D eigenvalue weighted by Gasteiger charge is 2.19. The van der Waals surface area contributed by atoms with Gasteiger partial charge in [0.05, 0.1) is 0 Å². The number of carbonyl (C=O) groups excluding carboxylic acids is 1. The predicted molar refractivity (Wildman–Crippen MR) is 67.7 cm³/mol. The highest BCUT2D eigenvalue weighted by molar-refractivity contribution is 7.07. The summed E-state index contributed by atoms with van der Waals surface area (Å²) in [5.74, 6) is 0.0694. The van der Waals surface area contributed by atoms with E-state index in [2.05, 4.69) is 10.5 Å². The monoisotopic (exact) mass is 249 g/mol. The minimum absolute atomic E-state index is 0.0694. The maximum atomic E-state index is 12.1. The summed E-state index contributed by atoms with van der Waals surface area (Å²) < 4.78 is 1.67. The molecule has 0 spiro atoms. The third kappa shape index (κ3) is 2.74. The molecule has 2 heterocycles. The number of aromatic nitrogens is 2. The number of amides is 1. The molecule has 0 aliphatic heterocycles. The molecule has 2 rings (SSSR count). The van der Waals surface area contributed by atoms with E-state index in [0.29, 0.717) is 6.54 Å². The van der Waals surface area contributed by atoms with E-state index in [1.807, 2.05) is 31.5 Å². The average Bonchev–Trinajstić information content (AvgIpc) is 2.99. The third-order valence-electron chi connectivity index (χ3n) is 2.66. The van der Waals surface area contributed by atoms with Crippen LogP contribution in [0.3, 0.4) is 0 Å². The molecule has 5 heteroatoms. The smallest absolute Gasteiger partial charge is 0.247 e. The Kier molecular flexibility index (Phi) is 3.58. The van der Waals surface area contributed by atoms with Gasteiger partial charge in [0.25, 0.3) is 0 Å². The maximum absolute atomic E-state index is 12.1. The molecule has 2 aromatic rings. The Balaban J connectivity index is 2.00. The van der Waals surface area contributed by atoms with Gasteiger partial charge in [-0.3, -0.25) is 9.48 Å². The zero-order chi connectivity index (χ0) is 12.3. The van der Waals surface area contributed by atoms with Crippen LogP contribution in [-0.4, -0.2) is 27.6 Å². The van der Waals surface area contributed by atoms with Gasteiger partial charge in [0.1, 0.15) is 6.04 Å². The second-order valence-electron chi connectivity index (χ2n) is 3.99. The van der Waals surface area contributed by atoms with Crippen LogP contribution in [-0.2, 0) is 11.3 Å². The van der Waals surface area contributed by atoms with Crippen LogP contribution in [0.25, 0.3) is 0 Å². The lowest BCUT2D eigenvalue weighted by molar-refractivity contribution is -0.133. The topological polar surface area (TPSA) is 38.1 Å². The molecule has 0 fully saturated rings. The lowest BCUT2D eigenvalue weighted by atomic mass is 10.2. The van der Waals surface area contributed by atoms with Crippen LogP contribution in [0.15, 0.2) is 35.3 Å². The number of hydrogen-bond acceptors (Lipinski definition) is 3. The minimum atomic E-state index is -0.256. The minimum Gasteiger partial charge on any atom is -0.340 e. The summed E-state index contributed by atoms with van der Waals surface area (Å²) in [6.45, 7) is 2.51. The molecule has 0 unspecified atom stereocenters. The van der Waals surface area contributed by atoms with E-state index in [1.165, 1.54) is 5.56 Å². The Hall–Kier alpha value is -1.62. The Bertz CT molecular complexity index is 464. The standard InChI is InChI=1S/C12H15N3OS/c1-10(15-6-3-5-13-15)12(16)14(2)8-11-4-7-17-9-11/h3-7,9-10H,8H2,1-2H3/t10-/m0/s1. The van der Waals surface area contributed by atoms with Crippen molar-refractivity contribution in [3.05, 3.63) is 40.8 Å². The Morgan fingerprint density at radius 1 is 1.65 bits per heavy atom. The van der Waals surface area contributed by atoms with Gasteiger partial charge in [0.2, 0.25) is 5.91 Å². The summed E-state index contributed by atoms with van der Waals surface area (Å²) in [4.78, 5) is 13.9. The van der Waals surface area contributed by atoms with Crippen LogP contribution in [0.4, 0.5) is 0 Å². The second kappa shape index (κ2) is 5.14. The van der Waals surface area contributed by atoms with Crippen molar-refractivity contribution in [2.75, 3.05) is 7.05 Å². The van der Waals surface area contributed by atoms with Crippen molar-refractivity contribution in [1.82, 2.24) is 14.7 Å². The van der Waals surface area contributed by atoms with E-state index in [-0.39, 0.29) is 11.9 Å². The number of hydrogen-bond donors (Lipinski definition) is 0. The number of thiophene rings is 1. The summed E-state index contributed by atoms with van der Waals surface area (Å²) in [5.41, 5.74) is 1.17. The molecule has 0 aliphatic rings. The molecule has 0 aromatic carbocycles. The Labute approximate surface area is 104 Å². The Morgan fingerprint density at radius 2 is 2.47 bits per heavy atom. The van der Waals surface area contributed by atoms with Crippen LogP contribution in [0.5, 0.6) is 0 Å². The van der Waals surface area contributed by atoms with Crippen LogP contribution in [0, 0.1) is 0 Å². The molecule has 0 saturated carbocycles. The van der Waals surface area contributed by atoms with Crippen molar-refractivity contribution < 1.29 is 4.79 Å². The molecule has 0 aliphatic carbocycles. The van der Waals surface area contributed by atoms with Crippen molar-refractivity contribution in [1.29, 1.82) is 0 Å². The van der Waals surface area contributed by atoms with Crippen LogP contribution >= 0.6 is 11.3 Å². The normalized spacial score (nSPS) is 12.4. The summed E-state index contributed by atoms with van der Waals surface area (Å²) in [5, 5.41) is 8.16. The fraction of sp³-hybridized carbons (Fsp3) is 0.333. The number of nitrogens with zero attached hydrogens (tertiary/aromatic N) is 3.